The quantitative estimate of drug-likeness (QED) is 0.607. The molecule has 0 radical (unpaired) electrons. The van der Waals surface area contributed by atoms with Gasteiger partial charge in [0.15, 0.2) is 10.1 Å². The Balaban J connectivity index is 2.30. The van der Waals surface area contributed by atoms with Gasteiger partial charge in [-0.15, -0.1) is 11.3 Å². The number of rotatable bonds is 2. The summed E-state index contributed by atoms with van der Waals surface area (Å²) in [5.41, 5.74) is 0.955. The summed E-state index contributed by atoms with van der Waals surface area (Å²) >= 11 is 7.77. The molecule has 1 aromatic heterocycles. The van der Waals surface area contributed by atoms with E-state index in [1.807, 2.05) is 24.3 Å². The van der Waals surface area contributed by atoms with Crippen molar-refractivity contribution in [3.8, 4) is 0 Å². The molecule has 0 spiro atoms. The summed E-state index contributed by atoms with van der Waals surface area (Å²) in [5.74, 6) is -0.0748. The van der Waals surface area contributed by atoms with Gasteiger partial charge in [-0.25, -0.2) is 4.98 Å². The highest BCUT2D eigenvalue weighted by molar-refractivity contribution is 8.26. The zero-order valence-corrected chi connectivity index (χ0v) is 10.3. The zero-order valence-electron chi connectivity index (χ0n) is 7.89. The Bertz CT molecular complexity index is 499. The Hall–Kier alpha value is -0.780. The Labute approximate surface area is 101 Å². The topological polar surface area (TPSA) is 30.0 Å². The van der Waals surface area contributed by atoms with Crippen molar-refractivity contribution in [3.05, 3.63) is 24.3 Å². The molecule has 0 saturated carbocycles. The van der Waals surface area contributed by atoms with Gasteiger partial charge in [-0.3, -0.25) is 4.79 Å². The minimum atomic E-state index is -0.0748. The van der Waals surface area contributed by atoms with Crippen LogP contribution in [-0.2, 0) is 4.79 Å². The maximum atomic E-state index is 11.0. The van der Waals surface area contributed by atoms with E-state index in [1.165, 1.54) is 18.7 Å². The number of benzene rings is 1. The molecule has 76 valence electrons. The molecule has 0 saturated heterocycles. The standard InChI is InChI=1S/C10H7NOS3/c1-6(12)9(13)15-10-11-7-4-2-3-5-8(7)14-10/h2-5H,1H3. The number of Topliss-reactive ketones (excluding diaryl/α,β-unsaturated/α-hetero) is 1. The third kappa shape index (κ3) is 2.42. The molecule has 0 bridgehead atoms. The highest BCUT2D eigenvalue weighted by Gasteiger charge is 2.09. The van der Waals surface area contributed by atoms with Crippen LogP contribution in [0.15, 0.2) is 28.6 Å². The smallest absolute Gasteiger partial charge is 0.177 e. The fraction of sp³-hybridized carbons (Fsp3) is 0.100. The summed E-state index contributed by atoms with van der Waals surface area (Å²) in [4.78, 5) is 15.4. The molecule has 0 atom stereocenters. The maximum Gasteiger partial charge on any atom is 0.177 e. The minimum absolute atomic E-state index is 0.0748. The Morgan fingerprint density at radius 2 is 2.20 bits per heavy atom. The average Bonchev–Trinajstić information content (AvgIpc) is 2.59. The number of fused-ring (bicyclic) bond motifs is 1. The molecule has 1 aromatic carbocycles. The predicted molar refractivity (Wildman–Crippen MR) is 68.8 cm³/mol. The largest absolute Gasteiger partial charge is 0.293 e. The highest BCUT2D eigenvalue weighted by atomic mass is 32.2. The monoisotopic (exact) mass is 253 g/mol. The van der Waals surface area contributed by atoms with E-state index in [-0.39, 0.29) is 5.78 Å². The molecule has 5 heteroatoms. The van der Waals surface area contributed by atoms with Crippen LogP contribution in [0.5, 0.6) is 0 Å². The van der Waals surface area contributed by atoms with Gasteiger partial charge in [-0.1, -0.05) is 24.4 Å². The summed E-state index contributed by atoms with van der Waals surface area (Å²) in [7, 11) is 0. The first-order chi connectivity index (χ1) is 7.16. The van der Waals surface area contributed by atoms with Gasteiger partial charge >= 0.3 is 0 Å². The molecule has 0 amide bonds. The van der Waals surface area contributed by atoms with E-state index in [2.05, 4.69) is 4.98 Å². The van der Waals surface area contributed by atoms with Crippen LogP contribution in [0.3, 0.4) is 0 Å². The van der Waals surface area contributed by atoms with Crippen molar-refractivity contribution in [2.24, 2.45) is 0 Å². The third-order valence-electron chi connectivity index (χ3n) is 1.74. The summed E-state index contributed by atoms with van der Waals surface area (Å²) < 4.78 is 2.32. The molecule has 0 N–H and O–H groups in total. The van der Waals surface area contributed by atoms with E-state index in [4.69, 9.17) is 12.2 Å². The van der Waals surface area contributed by atoms with E-state index < -0.39 is 0 Å². The van der Waals surface area contributed by atoms with Crippen LogP contribution >= 0.6 is 35.3 Å². The fourth-order valence-corrected chi connectivity index (χ4v) is 3.27. The molecular weight excluding hydrogens is 246 g/mol. The molecule has 0 fully saturated rings. The lowest BCUT2D eigenvalue weighted by Gasteiger charge is -1.92. The first kappa shape index (κ1) is 10.7. The third-order valence-corrected chi connectivity index (χ3v) is 4.35. The number of hydrogen-bond acceptors (Lipinski definition) is 5. The number of para-hydroxylation sites is 1. The number of carbonyl (C=O) groups is 1. The lowest BCUT2D eigenvalue weighted by atomic mass is 10.3. The molecule has 2 rings (SSSR count). The Kier molecular flexibility index (Phi) is 3.14. The predicted octanol–water partition coefficient (Wildman–Crippen LogP) is 3.30. The summed E-state index contributed by atoms with van der Waals surface area (Å²) in [5, 5.41) is 0. The van der Waals surface area contributed by atoms with Crippen molar-refractivity contribution in [2.45, 2.75) is 11.3 Å². The molecular formula is C10H7NOS3. The van der Waals surface area contributed by atoms with E-state index in [1.54, 1.807) is 11.3 Å². The van der Waals surface area contributed by atoms with Gasteiger partial charge in [0.25, 0.3) is 0 Å². The van der Waals surface area contributed by atoms with Gasteiger partial charge in [-0.2, -0.15) is 0 Å². The van der Waals surface area contributed by atoms with Crippen molar-refractivity contribution in [1.29, 1.82) is 0 Å². The average molecular weight is 253 g/mol. The lowest BCUT2D eigenvalue weighted by Crippen LogP contribution is -2.00. The van der Waals surface area contributed by atoms with Gasteiger partial charge in [0, 0.05) is 6.92 Å². The number of thioether (sulfide) groups is 1. The number of carbonyl (C=O) groups excluding carboxylic acids is 1. The molecule has 2 nitrogen and oxygen atoms in total. The normalized spacial score (nSPS) is 10.5. The zero-order chi connectivity index (χ0) is 10.8. The second-order valence-electron chi connectivity index (χ2n) is 2.89. The lowest BCUT2D eigenvalue weighted by molar-refractivity contribution is -0.110. The minimum Gasteiger partial charge on any atom is -0.293 e. The van der Waals surface area contributed by atoms with Crippen LogP contribution in [-0.4, -0.2) is 15.0 Å². The van der Waals surface area contributed by atoms with Gasteiger partial charge in [-0.05, 0) is 23.9 Å². The Morgan fingerprint density at radius 3 is 2.87 bits per heavy atom. The van der Waals surface area contributed by atoms with Crippen molar-refractivity contribution in [2.75, 3.05) is 0 Å². The van der Waals surface area contributed by atoms with Crippen LogP contribution in [0.1, 0.15) is 6.92 Å². The van der Waals surface area contributed by atoms with Crippen LogP contribution in [0.2, 0.25) is 0 Å². The van der Waals surface area contributed by atoms with E-state index >= 15 is 0 Å². The first-order valence-corrected chi connectivity index (χ1v) is 6.29. The van der Waals surface area contributed by atoms with E-state index in [0.29, 0.717) is 4.20 Å². The molecule has 15 heavy (non-hydrogen) atoms. The molecule has 1 heterocycles. The summed E-state index contributed by atoms with van der Waals surface area (Å²) in [6, 6.07) is 7.87. The maximum absolute atomic E-state index is 11.0. The number of nitrogens with zero attached hydrogens (tertiary/aromatic N) is 1. The van der Waals surface area contributed by atoms with Crippen LogP contribution in [0, 0.1) is 0 Å². The van der Waals surface area contributed by atoms with Crippen LogP contribution in [0.25, 0.3) is 10.2 Å². The van der Waals surface area contributed by atoms with Gasteiger partial charge in [0.05, 0.1) is 10.2 Å². The van der Waals surface area contributed by atoms with Crippen molar-refractivity contribution in [3.63, 3.8) is 0 Å². The molecule has 0 aliphatic carbocycles. The Morgan fingerprint density at radius 1 is 1.47 bits per heavy atom. The molecule has 0 aliphatic heterocycles. The summed E-state index contributed by atoms with van der Waals surface area (Å²) in [6.45, 7) is 1.47. The fourth-order valence-electron chi connectivity index (χ4n) is 1.05. The van der Waals surface area contributed by atoms with Crippen LogP contribution in [0.4, 0.5) is 0 Å². The molecule has 0 unspecified atom stereocenters. The number of hydrogen-bond donors (Lipinski definition) is 0. The second-order valence-corrected chi connectivity index (χ2v) is 5.85. The number of thiazole rings is 1. The van der Waals surface area contributed by atoms with Crippen molar-refractivity contribution >= 4 is 55.5 Å². The SMILES string of the molecule is CC(=O)C(=S)Sc1nc2ccccc2s1. The first-order valence-electron chi connectivity index (χ1n) is 4.25. The van der Waals surface area contributed by atoms with Gasteiger partial charge in [0.2, 0.25) is 0 Å². The van der Waals surface area contributed by atoms with Gasteiger partial charge in [0.1, 0.15) is 4.20 Å². The highest BCUT2D eigenvalue weighted by Crippen LogP contribution is 2.30. The van der Waals surface area contributed by atoms with E-state index in [9.17, 15) is 4.79 Å². The van der Waals surface area contributed by atoms with Crippen molar-refractivity contribution < 1.29 is 4.79 Å². The number of aromatic nitrogens is 1. The van der Waals surface area contributed by atoms with Gasteiger partial charge < -0.3 is 0 Å². The molecule has 0 aliphatic rings. The number of ketones is 1. The van der Waals surface area contributed by atoms with Crippen LogP contribution < -0.4 is 0 Å². The summed E-state index contributed by atoms with van der Waals surface area (Å²) in [6.07, 6.45) is 0. The van der Waals surface area contributed by atoms with E-state index in [0.717, 1.165) is 14.6 Å². The number of thiocarbonyl (C=S) groups is 1. The second kappa shape index (κ2) is 4.38. The molecule has 2 aromatic rings. The van der Waals surface area contributed by atoms with Crippen molar-refractivity contribution in [1.82, 2.24) is 4.98 Å².